The molecule has 0 aromatic heterocycles. The molecule has 0 heterocycles. The number of hydrogen-bond donors (Lipinski definition) is 3. The van der Waals surface area contributed by atoms with Crippen LogP contribution in [0.25, 0.3) is 0 Å². The van der Waals surface area contributed by atoms with Crippen molar-refractivity contribution in [2.24, 2.45) is 16.3 Å². The molecular weight excluding hydrogens is 202 g/mol. The van der Waals surface area contributed by atoms with E-state index < -0.39 is 0 Å². The predicted molar refractivity (Wildman–Crippen MR) is 67.3 cm³/mol. The van der Waals surface area contributed by atoms with Crippen molar-refractivity contribution in [3.05, 3.63) is 0 Å². The minimum Gasteiger partial charge on any atom is -0.409 e. The molecule has 4 N–H and O–H groups in total. The Morgan fingerprint density at radius 1 is 1.62 bits per heavy atom. The van der Waals surface area contributed by atoms with Gasteiger partial charge in [-0.3, -0.25) is 0 Å². The van der Waals surface area contributed by atoms with Gasteiger partial charge in [0.25, 0.3) is 0 Å². The first-order valence-electron chi connectivity index (χ1n) is 5.59. The molecule has 0 bridgehead atoms. The molecule has 0 aromatic carbocycles. The van der Waals surface area contributed by atoms with Crippen molar-refractivity contribution in [2.45, 2.75) is 46.1 Å². The van der Waals surface area contributed by atoms with Crippen molar-refractivity contribution in [3.63, 3.8) is 0 Å². The highest BCUT2D eigenvalue weighted by atomic mass is 16.4. The van der Waals surface area contributed by atoms with E-state index in [0.717, 1.165) is 25.8 Å². The number of nitrogens with one attached hydrogen (secondary N) is 1. The molecule has 0 aliphatic heterocycles. The minimum atomic E-state index is -0.258. The van der Waals surface area contributed by atoms with Gasteiger partial charge in [-0.2, -0.15) is 0 Å². The van der Waals surface area contributed by atoms with Gasteiger partial charge in [0.2, 0.25) is 0 Å². The molecule has 0 spiro atoms. The first-order valence-corrected chi connectivity index (χ1v) is 5.59. The van der Waals surface area contributed by atoms with Gasteiger partial charge in [-0.1, -0.05) is 19.0 Å². The molecule has 0 aliphatic carbocycles. The Hall–Kier alpha value is -1.21. The third kappa shape index (κ3) is 5.62. The SMILES string of the molecule is C#CCC(C)NCCCC(C)(C)C(N)=NO. The van der Waals surface area contributed by atoms with Crippen molar-refractivity contribution < 1.29 is 5.21 Å². The van der Waals surface area contributed by atoms with Crippen LogP contribution in [0.3, 0.4) is 0 Å². The molecule has 0 saturated heterocycles. The third-order valence-corrected chi connectivity index (χ3v) is 2.70. The van der Waals surface area contributed by atoms with Crippen molar-refractivity contribution in [1.29, 1.82) is 0 Å². The highest BCUT2D eigenvalue weighted by Crippen LogP contribution is 2.21. The molecule has 0 saturated carbocycles. The van der Waals surface area contributed by atoms with Crippen LogP contribution in [0.2, 0.25) is 0 Å². The Bertz CT molecular complexity index is 266. The van der Waals surface area contributed by atoms with Gasteiger partial charge in [-0.15, -0.1) is 12.3 Å². The molecule has 0 radical (unpaired) electrons. The van der Waals surface area contributed by atoms with Crippen LogP contribution in [0.15, 0.2) is 5.16 Å². The summed E-state index contributed by atoms with van der Waals surface area (Å²) in [4.78, 5) is 0. The number of terminal acetylenes is 1. The Morgan fingerprint density at radius 3 is 2.75 bits per heavy atom. The lowest BCUT2D eigenvalue weighted by molar-refractivity contribution is 0.304. The summed E-state index contributed by atoms with van der Waals surface area (Å²) in [5, 5.41) is 15.0. The number of amidine groups is 1. The smallest absolute Gasteiger partial charge is 0.144 e. The summed E-state index contributed by atoms with van der Waals surface area (Å²) in [5.74, 6) is 2.90. The van der Waals surface area contributed by atoms with E-state index in [1.165, 1.54) is 0 Å². The fourth-order valence-corrected chi connectivity index (χ4v) is 1.39. The van der Waals surface area contributed by atoms with E-state index in [4.69, 9.17) is 17.4 Å². The number of rotatable bonds is 7. The van der Waals surface area contributed by atoms with Crippen molar-refractivity contribution in [3.8, 4) is 12.3 Å². The highest BCUT2D eigenvalue weighted by molar-refractivity contribution is 5.85. The van der Waals surface area contributed by atoms with Gasteiger partial charge in [0, 0.05) is 17.9 Å². The highest BCUT2D eigenvalue weighted by Gasteiger charge is 2.22. The molecule has 4 heteroatoms. The lowest BCUT2D eigenvalue weighted by Crippen LogP contribution is -2.33. The van der Waals surface area contributed by atoms with Gasteiger partial charge in [0.15, 0.2) is 0 Å². The normalized spacial score (nSPS) is 14.5. The number of nitrogens with zero attached hydrogens (tertiary/aromatic N) is 1. The topological polar surface area (TPSA) is 70.6 Å². The van der Waals surface area contributed by atoms with E-state index in [2.05, 4.69) is 23.3 Å². The van der Waals surface area contributed by atoms with E-state index >= 15 is 0 Å². The van der Waals surface area contributed by atoms with Gasteiger partial charge < -0.3 is 16.3 Å². The average molecular weight is 225 g/mol. The van der Waals surface area contributed by atoms with E-state index in [9.17, 15) is 0 Å². The van der Waals surface area contributed by atoms with Gasteiger partial charge >= 0.3 is 0 Å². The fourth-order valence-electron chi connectivity index (χ4n) is 1.39. The van der Waals surface area contributed by atoms with Crippen LogP contribution < -0.4 is 11.1 Å². The van der Waals surface area contributed by atoms with Gasteiger partial charge in [0.05, 0.1) is 0 Å². The zero-order valence-corrected chi connectivity index (χ0v) is 10.5. The molecule has 0 fully saturated rings. The average Bonchev–Trinajstić information content (AvgIpc) is 2.23. The van der Waals surface area contributed by atoms with Crippen LogP contribution in [0.1, 0.15) is 40.0 Å². The minimum absolute atomic E-state index is 0.258. The number of hydrogen-bond acceptors (Lipinski definition) is 3. The fraction of sp³-hybridized carbons (Fsp3) is 0.750. The third-order valence-electron chi connectivity index (χ3n) is 2.70. The second-order valence-corrected chi connectivity index (χ2v) is 4.74. The first kappa shape index (κ1) is 14.8. The van der Waals surface area contributed by atoms with Crippen LogP contribution in [0, 0.1) is 17.8 Å². The quantitative estimate of drug-likeness (QED) is 0.154. The maximum Gasteiger partial charge on any atom is 0.144 e. The van der Waals surface area contributed by atoms with E-state index in [-0.39, 0.29) is 11.3 Å². The Kier molecular flexibility index (Phi) is 6.59. The number of nitrogens with two attached hydrogens (primary N) is 1. The molecule has 0 aliphatic rings. The second-order valence-electron chi connectivity index (χ2n) is 4.74. The Labute approximate surface area is 98.3 Å². The van der Waals surface area contributed by atoms with Crippen LogP contribution in [-0.4, -0.2) is 23.6 Å². The summed E-state index contributed by atoms with van der Waals surface area (Å²) in [7, 11) is 0. The maximum absolute atomic E-state index is 8.61. The predicted octanol–water partition coefficient (Wildman–Crippen LogP) is 1.54. The summed E-state index contributed by atoms with van der Waals surface area (Å²) in [6, 6.07) is 0.344. The van der Waals surface area contributed by atoms with Gasteiger partial charge in [-0.05, 0) is 26.3 Å². The summed E-state index contributed by atoms with van der Waals surface area (Å²) in [5.41, 5.74) is 5.34. The Balaban J connectivity index is 3.79. The second kappa shape index (κ2) is 7.13. The zero-order chi connectivity index (χ0) is 12.6. The standard InChI is InChI=1S/C12H23N3O/c1-5-7-10(2)14-9-6-8-12(3,4)11(13)15-16/h1,10,14,16H,6-9H2,2-4H3,(H2,13,15). The zero-order valence-electron chi connectivity index (χ0n) is 10.5. The molecule has 92 valence electrons. The summed E-state index contributed by atoms with van der Waals surface area (Å²) >= 11 is 0. The lowest BCUT2D eigenvalue weighted by Gasteiger charge is -2.23. The molecule has 16 heavy (non-hydrogen) atoms. The molecule has 0 rings (SSSR count). The van der Waals surface area contributed by atoms with Crippen molar-refractivity contribution in [1.82, 2.24) is 5.32 Å². The van der Waals surface area contributed by atoms with Crippen LogP contribution in [0.5, 0.6) is 0 Å². The molecular formula is C12H23N3O. The van der Waals surface area contributed by atoms with Crippen LogP contribution in [-0.2, 0) is 0 Å². The first-order chi connectivity index (χ1) is 7.44. The van der Waals surface area contributed by atoms with Crippen molar-refractivity contribution in [2.75, 3.05) is 6.54 Å². The van der Waals surface area contributed by atoms with Crippen LogP contribution in [0.4, 0.5) is 0 Å². The molecule has 0 aromatic rings. The summed E-state index contributed by atoms with van der Waals surface area (Å²) in [6.07, 6.45) is 7.79. The van der Waals surface area contributed by atoms with Gasteiger partial charge in [-0.25, -0.2) is 0 Å². The maximum atomic E-state index is 8.61. The van der Waals surface area contributed by atoms with E-state index in [1.54, 1.807) is 0 Å². The van der Waals surface area contributed by atoms with E-state index in [0.29, 0.717) is 6.04 Å². The largest absolute Gasteiger partial charge is 0.409 e. The van der Waals surface area contributed by atoms with Crippen molar-refractivity contribution >= 4 is 5.84 Å². The molecule has 1 atom stereocenters. The monoisotopic (exact) mass is 225 g/mol. The molecule has 1 unspecified atom stereocenters. The number of oxime groups is 1. The molecule has 4 nitrogen and oxygen atoms in total. The van der Waals surface area contributed by atoms with Crippen LogP contribution >= 0.6 is 0 Å². The van der Waals surface area contributed by atoms with Gasteiger partial charge in [0.1, 0.15) is 5.84 Å². The summed E-state index contributed by atoms with van der Waals surface area (Å²) in [6.45, 7) is 6.89. The molecule has 0 amide bonds. The van der Waals surface area contributed by atoms with E-state index in [1.807, 2.05) is 13.8 Å². The lowest BCUT2D eigenvalue weighted by atomic mass is 9.86. The summed E-state index contributed by atoms with van der Waals surface area (Å²) < 4.78 is 0. The Morgan fingerprint density at radius 2 is 2.25 bits per heavy atom.